The maximum absolute atomic E-state index is 11.5. The van der Waals surface area contributed by atoms with Gasteiger partial charge in [-0.25, -0.2) is 0 Å². The summed E-state index contributed by atoms with van der Waals surface area (Å²) in [6.07, 6.45) is 5.10. The second-order valence-electron chi connectivity index (χ2n) is 4.79. The molecule has 0 radical (unpaired) electrons. The van der Waals surface area contributed by atoms with Crippen LogP contribution in [0.3, 0.4) is 0 Å². The summed E-state index contributed by atoms with van der Waals surface area (Å²) in [7, 11) is 0. The smallest absolute Gasteiger partial charge is 0.320 e. The zero-order valence-electron chi connectivity index (χ0n) is 10.9. The molecule has 0 aromatic carbocycles. The molecule has 2 unspecified atom stereocenters. The van der Waals surface area contributed by atoms with Crippen molar-refractivity contribution in [2.75, 3.05) is 19.7 Å². The first kappa shape index (κ1) is 13.5. The molecule has 0 amide bonds. The van der Waals surface area contributed by atoms with Crippen molar-refractivity contribution in [2.24, 2.45) is 5.92 Å². The van der Waals surface area contributed by atoms with Gasteiger partial charge in [0.25, 0.3) is 0 Å². The van der Waals surface area contributed by atoms with Crippen molar-refractivity contribution in [1.82, 2.24) is 4.90 Å². The van der Waals surface area contributed by atoms with Gasteiger partial charge in [0, 0.05) is 6.04 Å². The third-order valence-electron chi connectivity index (χ3n) is 3.47. The summed E-state index contributed by atoms with van der Waals surface area (Å²) in [6.45, 7) is 8.18. The Bertz CT molecular complexity index is 218. The van der Waals surface area contributed by atoms with Crippen LogP contribution in [0.4, 0.5) is 0 Å². The van der Waals surface area contributed by atoms with E-state index in [0.717, 1.165) is 12.5 Å². The van der Waals surface area contributed by atoms with E-state index in [2.05, 4.69) is 18.7 Å². The number of hydrogen-bond acceptors (Lipinski definition) is 3. The average Bonchev–Trinajstić information content (AvgIpc) is 2.26. The van der Waals surface area contributed by atoms with E-state index < -0.39 is 0 Å². The molecule has 1 aliphatic rings. The molecule has 0 spiro atoms. The van der Waals surface area contributed by atoms with Gasteiger partial charge in [-0.15, -0.1) is 0 Å². The van der Waals surface area contributed by atoms with E-state index in [1.54, 1.807) is 0 Å². The van der Waals surface area contributed by atoms with Gasteiger partial charge in [-0.1, -0.05) is 26.7 Å². The van der Waals surface area contributed by atoms with Crippen LogP contribution in [0, 0.1) is 5.92 Å². The van der Waals surface area contributed by atoms with E-state index in [1.807, 2.05) is 6.92 Å². The highest BCUT2D eigenvalue weighted by Gasteiger charge is 2.25. The third kappa shape index (κ3) is 4.12. The third-order valence-corrected chi connectivity index (χ3v) is 3.47. The molecule has 0 aromatic rings. The fourth-order valence-electron chi connectivity index (χ4n) is 2.61. The van der Waals surface area contributed by atoms with Crippen molar-refractivity contribution in [3.05, 3.63) is 0 Å². The van der Waals surface area contributed by atoms with Crippen molar-refractivity contribution >= 4 is 5.97 Å². The number of nitrogens with zero attached hydrogens (tertiary/aromatic N) is 1. The molecule has 1 aliphatic carbocycles. The van der Waals surface area contributed by atoms with Crippen LogP contribution in [-0.2, 0) is 9.53 Å². The fourth-order valence-corrected chi connectivity index (χ4v) is 2.61. The van der Waals surface area contributed by atoms with Gasteiger partial charge in [0.05, 0.1) is 13.2 Å². The van der Waals surface area contributed by atoms with Gasteiger partial charge < -0.3 is 4.74 Å². The molecule has 3 heteroatoms. The molecule has 3 nitrogen and oxygen atoms in total. The normalized spacial score (nSPS) is 25.8. The van der Waals surface area contributed by atoms with Crippen LogP contribution in [0.15, 0.2) is 0 Å². The van der Waals surface area contributed by atoms with Gasteiger partial charge >= 0.3 is 5.97 Å². The predicted molar refractivity (Wildman–Crippen MR) is 65.3 cm³/mol. The molecule has 0 bridgehead atoms. The first-order valence-electron chi connectivity index (χ1n) is 6.57. The van der Waals surface area contributed by atoms with Crippen LogP contribution >= 0.6 is 0 Å². The summed E-state index contributed by atoms with van der Waals surface area (Å²) >= 11 is 0. The lowest BCUT2D eigenvalue weighted by Gasteiger charge is -2.35. The standard InChI is InChI=1S/C13H25NO2/c1-4-14(10-13(15)16-5-2)12-8-6-7-11(3)9-12/h11-12H,4-10H2,1-3H3. The second kappa shape index (κ2) is 6.89. The van der Waals surface area contributed by atoms with Crippen molar-refractivity contribution in [3.8, 4) is 0 Å². The van der Waals surface area contributed by atoms with Crippen molar-refractivity contribution < 1.29 is 9.53 Å². The highest BCUT2D eigenvalue weighted by Crippen LogP contribution is 2.27. The summed E-state index contributed by atoms with van der Waals surface area (Å²) in [5.41, 5.74) is 0. The zero-order chi connectivity index (χ0) is 12.0. The number of carbonyl (C=O) groups excluding carboxylic acids is 1. The highest BCUT2D eigenvalue weighted by atomic mass is 16.5. The molecule has 0 aliphatic heterocycles. The fraction of sp³-hybridized carbons (Fsp3) is 0.923. The Labute approximate surface area is 99.1 Å². The Balaban J connectivity index is 2.43. The Morgan fingerprint density at radius 1 is 1.38 bits per heavy atom. The van der Waals surface area contributed by atoms with Crippen LogP contribution in [0.5, 0.6) is 0 Å². The molecule has 1 saturated carbocycles. The number of rotatable bonds is 5. The number of ether oxygens (including phenoxy) is 1. The maximum Gasteiger partial charge on any atom is 0.320 e. The van der Waals surface area contributed by atoms with E-state index in [9.17, 15) is 4.79 Å². The number of likely N-dealkylation sites (N-methyl/N-ethyl adjacent to an activating group) is 1. The lowest BCUT2D eigenvalue weighted by atomic mass is 9.86. The molecule has 94 valence electrons. The van der Waals surface area contributed by atoms with E-state index in [1.165, 1.54) is 25.7 Å². The molecule has 1 fully saturated rings. The largest absolute Gasteiger partial charge is 0.465 e. The van der Waals surface area contributed by atoms with Crippen molar-refractivity contribution in [3.63, 3.8) is 0 Å². The second-order valence-corrected chi connectivity index (χ2v) is 4.79. The first-order chi connectivity index (χ1) is 7.67. The Morgan fingerprint density at radius 2 is 2.12 bits per heavy atom. The van der Waals surface area contributed by atoms with E-state index >= 15 is 0 Å². The van der Waals surface area contributed by atoms with Gasteiger partial charge in [0.2, 0.25) is 0 Å². The van der Waals surface area contributed by atoms with Crippen molar-refractivity contribution in [2.45, 2.75) is 52.5 Å². The average molecular weight is 227 g/mol. The van der Waals surface area contributed by atoms with Gasteiger partial charge in [-0.2, -0.15) is 0 Å². The van der Waals surface area contributed by atoms with Gasteiger partial charge in [0.1, 0.15) is 0 Å². The van der Waals surface area contributed by atoms with E-state index in [-0.39, 0.29) is 5.97 Å². The molecular weight excluding hydrogens is 202 g/mol. The maximum atomic E-state index is 11.5. The minimum Gasteiger partial charge on any atom is -0.465 e. The van der Waals surface area contributed by atoms with Crippen LogP contribution < -0.4 is 0 Å². The molecule has 0 N–H and O–H groups in total. The first-order valence-corrected chi connectivity index (χ1v) is 6.57. The van der Waals surface area contributed by atoms with E-state index in [4.69, 9.17) is 4.74 Å². The molecular formula is C13H25NO2. The number of carbonyl (C=O) groups is 1. The van der Waals surface area contributed by atoms with Gasteiger partial charge in [-0.3, -0.25) is 9.69 Å². The van der Waals surface area contributed by atoms with Crippen LogP contribution in [0.25, 0.3) is 0 Å². The van der Waals surface area contributed by atoms with Crippen LogP contribution in [0.1, 0.15) is 46.5 Å². The summed E-state index contributed by atoms with van der Waals surface area (Å²) in [6, 6.07) is 0.582. The molecule has 0 saturated heterocycles. The molecule has 1 rings (SSSR count). The molecule has 16 heavy (non-hydrogen) atoms. The van der Waals surface area contributed by atoms with Crippen LogP contribution in [0.2, 0.25) is 0 Å². The van der Waals surface area contributed by atoms with E-state index in [0.29, 0.717) is 19.2 Å². The minimum atomic E-state index is -0.0809. The van der Waals surface area contributed by atoms with Crippen LogP contribution in [-0.4, -0.2) is 36.6 Å². The Kier molecular flexibility index (Phi) is 5.81. The summed E-state index contributed by atoms with van der Waals surface area (Å²) in [5.74, 6) is 0.720. The van der Waals surface area contributed by atoms with Gasteiger partial charge in [0.15, 0.2) is 0 Å². The Morgan fingerprint density at radius 3 is 2.69 bits per heavy atom. The number of hydrogen-bond donors (Lipinski definition) is 0. The van der Waals surface area contributed by atoms with Crippen molar-refractivity contribution in [1.29, 1.82) is 0 Å². The molecule has 0 heterocycles. The lowest BCUT2D eigenvalue weighted by Crippen LogP contribution is -2.41. The summed E-state index contributed by atoms with van der Waals surface area (Å²) in [4.78, 5) is 13.7. The predicted octanol–water partition coefficient (Wildman–Crippen LogP) is 2.45. The lowest BCUT2D eigenvalue weighted by molar-refractivity contribution is -0.145. The topological polar surface area (TPSA) is 29.5 Å². The minimum absolute atomic E-state index is 0.0809. The molecule has 2 atom stereocenters. The number of esters is 1. The monoisotopic (exact) mass is 227 g/mol. The SMILES string of the molecule is CCOC(=O)CN(CC)C1CCCC(C)C1. The zero-order valence-corrected chi connectivity index (χ0v) is 10.9. The summed E-state index contributed by atoms with van der Waals surface area (Å²) in [5, 5.41) is 0. The quantitative estimate of drug-likeness (QED) is 0.676. The Hall–Kier alpha value is -0.570. The highest BCUT2D eigenvalue weighted by molar-refractivity contribution is 5.71. The van der Waals surface area contributed by atoms with Gasteiger partial charge in [-0.05, 0) is 32.2 Å². The molecule has 0 aromatic heterocycles. The summed E-state index contributed by atoms with van der Waals surface area (Å²) < 4.78 is 5.01.